The van der Waals surface area contributed by atoms with E-state index in [1.165, 1.54) is 7.11 Å². The minimum atomic E-state index is -4.55. The third-order valence-corrected chi connectivity index (χ3v) is 13.2. The number of carbonyl (C=O) groups is 4. The molecule has 0 spiro atoms. The first-order valence-electron chi connectivity index (χ1n) is 22.3. The molecule has 16 nitrogen and oxygen atoms in total. The molecule has 3 aliphatic heterocycles. The van der Waals surface area contributed by atoms with Crippen molar-refractivity contribution in [2.75, 3.05) is 41.0 Å². The van der Waals surface area contributed by atoms with Gasteiger partial charge in [0.05, 0.1) is 61.8 Å². The van der Waals surface area contributed by atoms with E-state index in [-0.39, 0.29) is 30.7 Å². The summed E-state index contributed by atoms with van der Waals surface area (Å²) in [6.07, 6.45) is -4.40. The first-order chi connectivity index (χ1) is 32.6. The number of halogens is 3. The number of hydrogen-bond acceptors (Lipinski definition) is 10. The van der Waals surface area contributed by atoms with Crippen LogP contribution in [0.2, 0.25) is 0 Å². The van der Waals surface area contributed by atoms with E-state index in [0.717, 1.165) is 50.6 Å². The summed E-state index contributed by atoms with van der Waals surface area (Å²) < 4.78 is 63.9. The monoisotopic (exact) mass is 936 g/mol. The second-order valence-corrected chi connectivity index (χ2v) is 17.9. The lowest BCUT2D eigenvalue weighted by Gasteiger charge is -2.30. The summed E-state index contributed by atoms with van der Waals surface area (Å²) in [6, 6.07) is 19.2. The molecule has 4 N–H and O–H groups in total. The van der Waals surface area contributed by atoms with Gasteiger partial charge in [0.1, 0.15) is 36.1 Å². The Morgan fingerprint density at radius 1 is 0.838 bits per heavy atom. The molecule has 0 bridgehead atoms. The number of amides is 4. The van der Waals surface area contributed by atoms with Crippen molar-refractivity contribution in [1.29, 1.82) is 0 Å². The Bertz CT molecular complexity index is 2890. The Hall–Kier alpha value is -7.15. The largest absolute Gasteiger partial charge is 0.488 e. The summed E-state index contributed by atoms with van der Waals surface area (Å²) in [5.74, 6) is -1.68. The van der Waals surface area contributed by atoms with E-state index in [1.54, 1.807) is 56.3 Å². The van der Waals surface area contributed by atoms with Crippen LogP contribution >= 0.6 is 0 Å². The molecule has 2 saturated heterocycles. The van der Waals surface area contributed by atoms with Crippen LogP contribution < -0.4 is 15.4 Å². The van der Waals surface area contributed by atoms with Crippen molar-refractivity contribution in [2.24, 2.45) is 17.8 Å². The Labute approximate surface area is 388 Å². The minimum Gasteiger partial charge on any atom is -0.488 e. The van der Waals surface area contributed by atoms with Crippen molar-refractivity contribution in [3.05, 3.63) is 102 Å². The van der Waals surface area contributed by atoms with Crippen LogP contribution in [0.4, 0.5) is 22.8 Å². The Balaban J connectivity index is 0.989. The van der Waals surface area contributed by atoms with Crippen molar-refractivity contribution < 1.29 is 51.3 Å². The summed E-state index contributed by atoms with van der Waals surface area (Å²) in [5, 5.41) is 6.99. The number of nitrogens with zero attached hydrogens (tertiary/aromatic N) is 4. The fourth-order valence-corrected chi connectivity index (χ4v) is 9.80. The molecule has 0 saturated carbocycles. The number of imidazole rings is 2. The standard InChI is InChI=1S/C49H51F3N8O8/c1-25(2)40(57-47(63)66-4)45(61)60-22-31(49(50,51)52)18-38(60)43-53-20-36(55-43)29-11-13-32-30(16-29)24-68-39-19-33-28(17-34(32)39)12-14-35-42(33)56-44(54-35)37-15-26(23-65-3)21-59(37)46(62)41(58-48(64)67-5)27-9-7-6-8-10-27/h6-14,16-17,19-20,25-26,31,37-38,40-41H,15,18,21-24H2,1-5H3,(H,53,55)(H,54,56)(H,57,63)(H,58,64)/t26-,31?,37-,38-,40-,41+/m0/s1. The molecule has 0 radical (unpaired) electrons. The molecule has 356 valence electrons. The highest BCUT2D eigenvalue weighted by Gasteiger charge is 2.51. The number of alkyl carbamates (subject to hydrolysis) is 2. The normalized spacial score (nSPS) is 19.9. The maximum absolute atomic E-state index is 14.4. The predicted octanol–water partition coefficient (Wildman–Crippen LogP) is 8.13. The van der Waals surface area contributed by atoms with Crippen molar-refractivity contribution in [1.82, 2.24) is 40.4 Å². The molecule has 9 rings (SSSR count). The first-order valence-corrected chi connectivity index (χ1v) is 22.3. The molecule has 2 fully saturated rings. The highest BCUT2D eigenvalue weighted by atomic mass is 19.4. The van der Waals surface area contributed by atoms with Crippen LogP contribution in [0.5, 0.6) is 5.75 Å². The minimum absolute atomic E-state index is 0.0185. The molecule has 6 atom stereocenters. The number of methoxy groups -OCH3 is 3. The summed E-state index contributed by atoms with van der Waals surface area (Å²) >= 11 is 0. The Morgan fingerprint density at radius 2 is 1.57 bits per heavy atom. The number of alkyl halides is 3. The molecular formula is C49H51F3N8O8. The number of hydrogen-bond donors (Lipinski definition) is 4. The fourth-order valence-electron chi connectivity index (χ4n) is 9.80. The van der Waals surface area contributed by atoms with Gasteiger partial charge in [-0.05, 0) is 70.7 Å². The van der Waals surface area contributed by atoms with Gasteiger partial charge in [-0.25, -0.2) is 19.6 Å². The van der Waals surface area contributed by atoms with Gasteiger partial charge < -0.3 is 49.3 Å². The van der Waals surface area contributed by atoms with E-state index in [2.05, 4.69) is 36.4 Å². The summed E-state index contributed by atoms with van der Waals surface area (Å²) in [4.78, 5) is 71.9. The van der Waals surface area contributed by atoms with Crippen LogP contribution in [-0.4, -0.2) is 107 Å². The van der Waals surface area contributed by atoms with Crippen molar-refractivity contribution >= 4 is 45.8 Å². The quantitative estimate of drug-likeness (QED) is 0.0986. The summed E-state index contributed by atoms with van der Waals surface area (Å²) in [7, 11) is 4.03. The van der Waals surface area contributed by atoms with Crippen LogP contribution in [0, 0.1) is 17.8 Å². The molecule has 5 heterocycles. The number of rotatable bonds is 11. The Kier molecular flexibility index (Phi) is 12.5. The molecule has 3 aliphatic rings. The van der Waals surface area contributed by atoms with Crippen molar-refractivity contribution in [2.45, 2.75) is 63.6 Å². The van der Waals surface area contributed by atoms with Gasteiger partial charge in [0.2, 0.25) is 5.91 Å². The SMILES string of the molecule is COC[C@H]1C[C@@H](c2nc3ccc4cc5c(cc4c3[nH]2)OCc2cc(-c3cnc([C@@H]4CC(C(F)(F)F)CN4C(=O)[C@@H](NC(=O)OC)C(C)C)[nH]3)ccc2-5)N(C(=O)[C@H](NC(=O)OC)c2ccccc2)C1. The average molecular weight is 937 g/mol. The van der Waals surface area contributed by atoms with Gasteiger partial charge in [-0.15, -0.1) is 0 Å². The Morgan fingerprint density at radius 3 is 2.29 bits per heavy atom. The lowest BCUT2D eigenvalue weighted by Crippen LogP contribution is -2.51. The van der Waals surface area contributed by atoms with Crippen LogP contribution in [0.1, 0.15) is 67.6 Å². The van der Waals surface area contributed by atoms with Gasteiger partial charge >= 0.3 is 18.4 Å². The van der Waals surface area contributed by atoms with E-state index >= 15 is 0 Å². The second kappa shape index (κ2) is 18.5. The van der Waals surface area contributed by atoms with Gasteiger partial charge in [-0.1, -0.05) is 62.4 Å². The molecule has 68 heavy (non-hydrogen) atoms. The van der Waals surface area contributed by atoms with Gasteiger partial charge in [-0.2, -0.15) is 13.2 Å². The van der Waals surface area contributed by atoms with Crippen LogP contribution in [0.3, 0.4) is 0 Å². The molecule has 1 unspecified atom stereocenters. The van der Waals surface area contributed by atoms with E-state index in [1.807, 2.05) is 42.5 Å². The lowest BCUT2D eigenvalue weighted by molar-refractivity contribution is -0.171. The number of ether oxygens (including phenoxy) is 4. The highest BCUT2D eigenvalue weighted by Crippen LogP contribution is 2.46. The zero-order chi connectivity index (χ0) is 48.0. The van der Waals surface area contributed by atoms with Gasteiger partial charge in [0.15, 0.2) is 0 Å². The zero-order valence-electron chi connectivity index (χ0n) is 38.0. The van der Waals surface area contributed by atoms with Crippen LogP contribution in [-0.2, 0) is 30.4 Å². The third kappa shape index (κ3) is 8.77. The van der Waals surface area contributed by atoms with Crippen LogP contribution in [0.25, 0.3) is 44.2 Å². The van der Waals surface area contributed by atoms with Crippen LogP contribution in [0.15, 0.2) is 79.0 Å². The lowest BCUT2D eigenvalue weighted by atomic mass is 9.92. The molecule has 19 heteroatoms. The van der Waals surface area contributed by atoms with E-state index in [4.69, 9.17) is 19.2 Å². The van der Waals surface area contributed by atoms with Gasteiger partial charge in [0, 0.05) is 37.1 Å². The molecular weight excluding hydrogens is 886 g/mol. The fraction of sp³-hybridized carbons (Fsp3) is 0.388. The average Bonchev–Trinajstić information content (AvgIpc) is 4.17. The maximum atomic E-state index is 14.4. The van der Waals surface area contributed by atoms with E-state index in [9.17, 15) is 32.3 Å². The van der Waals surface area contributed by atoms with Gasteiger partial charge in [0.25, 0.3) is 5.91 Å². The number of aromatic amines is 2. The third-order valence-electron chi connectivity index (χ3n) is 13.2. The summed E-state index contributed by atoms with van der Waals surface area (Å²) in [6.45, 7) is 3.87. The van der Waals surface area contributed by atoms with Crippen molar-refractivity contribution in [3.63, 3.8) is 0 Å². The molecule has 4 aromatic carbocycles. The van der Waals surface area contributed by atoms with Crippen molar-refractivity contribution in [3.8, 4) is 28.1 Å². The number of H-pyrrole nitrogens is 2. The zero-order valence-corrected chi connectivity index (χ0v) is 38.0. The number of nitrogens with one attached hydrogen (secondary N) is 4. The predicted molar refractivity (Wildman–Crippen MR) is 243 cm³/mol. The maximum Gasteiger partial charge on any atom is 0.407 e. The molecule has 4 amide bonds. The summed E-state index contributed by atoms with van der Waals surface area (Å²) in [5.41, 5.74) is 6.06. The highest BCUT2D eigenvalue weighted by molar-refractivity contribution is 6.07. The second-order valence-electron chi connectivity index (χ2n) is 17.9. The number of fused-ring (bicyclic) bond motifs is 6. The number of likely N-dealkylation sites (tertiary alicyclic amines) is 2. The van der Waals surface area contributed by atoms with E-state index < -0.39 is 66.8 Å². The molecule has 6 aromatic rings. The number of aromatic nitrogens is 4. The molecule has 2 aromatic heterocycles. The van der Waals surface area contributed by atoms with E-state index in [0.29, 0.717) is 47.9 Å². The topological polar surface area (TPSA) is 193 Å². The smallest absolute Gasteiger partial charge is 0.407 e. The number of carbonyl (C=O) groups excluding carboxylic acids is 4. The molecule has 0 aliphatic carbocycles. The van der Waals surface area contributed by atoms with Gasteiger partial charge in [-0.3, -0.25) is 9.59 Å². The first kappa shape index (κ1) is 46.0. The number of benzene rings is 4.